The molecule has 82 valence electrons. The standard InChI is InChI=1S/C9H12N2O3S/c1-7-5-9(12)10(3-2-4-15)6-8(7)11(13)14/h5-6,15H,2-4H2,1H3. The van der Waals surface area contributed by atoms with Crippen molar-refractivity contribution in [2.24, 2.45) is 0 Å². The molecule has 0 aliphatic rings. The van der Waals surface area contributed by atoms with E-state index in [4.69, 9.17) is 0 Å². The van der Waals surface area contributed by atoms with Crippen molar-refractivity contribution < 1.29 is 4.92 Å². The van der Waals surface area contributed by atoms with Crippen LogP contribution in [0.4, 0.5) is 5.69 Å². The van der Waals surface area contributed by atoms with Gasteiger partial charge in [0.05, 0.1) is 11.1 Å². The second-order valence-corrected chi connectivity index (χ2v) is 3.65. The van der Waals surface area contributed by atoms with Crippen molar-refractivity contribution in [3.8, 4) is 0 Å². The molecule has 0 spiro atoms. The van der Waals surface area contributed by atoms with Gasteiger partial charge < -0.3 is 4.57 Å². The van der Waals surface area contributed by atoms with Crippen molar-refractivity contribution in [1.29, 1.82) is 0 Å². The molecule has 15 heavy (non-hydrogen) atoms. The molecule has 0 saturated carbocycles. The summed E-state index contributed by atoms with van der Waals surface area (Å²) < 4.78 is 1.35. The number of hydrogen-bond donors (Lipinski definition) is 1. The highest BCUT2D eigenvalue weighted by molar-refractivity contribution is 7.80. The van der Waals surface area contributed by atoms with Crippen molar-refractivity contribution >= 4 is 18.3 Å². The van der Waals surface area contributed by atoms with Crippen LogP contribution in [-0.2, 0) is 6.54 Å². The molecule has 0 amide bonds. The van der Waals surface area contributed by atoms with E-state index in [9.17, 15) is 14.9 Å². The lowest BCUT2D eigenvalue weighted by atomic mass is 10.2. The van der Waals surface area contributed by atoms with Crippen LogP contribution in [0.15, 0.2) is 17.1 Å². The number of aryl methyl sites for hydroxylation is 2. The number of nitro groups is 1. The lowest BCUT2D eigenvalue weighted by Crippen LogP contribution is -2.20. The lowest BCUT2D eigenvalue weighted by molar-refractivity contribution is -0.385. The Morgan fingerprint density at radius 3 is 2.80 bits per heavy atom. The maximum atomic E-state index is 11.4. The number of aromatic nitrogens is 1. The predicted molar refractivity (Wildman–Crippen MR) is 60.6 cm³/mol. The molecule has 0 N–H and O–H groups in total. The molecule has 5 nitrogen and oxygen atoms in total. The van der Waals surface area contributed by atoms with E-state index in [1.54, 1.807) is 6.92 Å². The summed E-state index contributed by atoms with van der Waals surface area (Å²) in [6.07, 6.45) is 2.00. The number of nitrogens with zero attached hydrogens (tertiary/aromatic N) is 2. The quantitative estimate of drug-likeness (QED) is 0.481. The normalized spacial score (nSPS) is 10.3. The SMILES string of the molecule is Cc1cc(=O)n(CCCS)cc1[N+](=O)[O-]. The fourth-order valence-electron chi connectivity index (χ4n) is 1.26. The van der Waals surface area contributed by atoms with Crippen molar-refractivity contribution in [3.63, 3.8) is 0 Å². The van der Waals surface area contributed by atoms with Crippen LogP contribution in [0.1, 0.15) is 12.0 Å². The Balaban J connectivity index is 3.12. The van der Waals surface area contributed by atoms with Gasteiger partial charge in [0.2, 0.25) is 0 Å². The monoisotopic (exact) mass is 228 g/mol. The van der Waals surface area contributed by atoms with E-state index in [-0.39, 0.29) is 11.2 Å². The van der Waals surface area contributed by atoms with E-state index >= 15 is 0 Å². The van der Waals surface area contributed by atoms with Crippen molar-refractivity contribution in [2.75, 3.05) is 5.75 Å². The second kappa shape index (κ2) is 4.97. The fraction of sp³-hybridized carbons (Fsp3) is 0.444. The molecule has 0 unspecified atom stereocenters. The highest BCUT2D eigenvalue weighted by Crippen LogP contribution is 2.14. The van der Waals surface area contributed by atoms with Gasteiger partial charge in [0.1, 0.15) is 0 Å². The molecule has 0 saturated heterocycles. The molecule has 0 aliphatic carbocycles. The van der Waals surface area contributed by atoms with Gasteiger partial charge in [-0.25, -0.2) is 0 Å². The average molecular weight is 228 g/mol. The third kappa shape index (κ3) is 2.82. The molecule has 0 aromatic carbocycles. The van der Waals surface area contributed by atoms with Crippen molar-refractivity contribution in [1.82, 2.24) is 4.57 Å². The Hall–Kier alpha value is -1.30. The van der Waals surface area contributed by atoms with E-state index < -0.39 is 4.92 Å². The zero-order valence-electron chi connectivity index (χ0n) is 8.34. The largest absolute Gasteiger partial charge is 0.309 e. The molecule has 0 fully saturated rings. The summed E-state index contributed by atoms with van der Waals surface area (Å²) in [5.74, 6) is 0.647. The maximum absolute atomic E-state index is 11.4. The van der Waals surface area contributed by atoms with Gasteiger partial charge in [0, 0.05) is 18.2 Å². The first kappa shape index (κ1) is 11.8. The van der Waals surface area contributed by atoms with E-state index in [0.717, 1.165) is 0 Å². The van der Waals surface area contributed by atoms with Crippen LogP contribution >= 0.6 is 12.6 Å². The summed E-state index contributed by atoms with van der Waals surface area (Å²) in [6.45, 7) is 2.02. The highest BCUT2D eigenvalue weighted by Gasteiger charge is 2.12. The first-order chi connectivity index (χ1) is 7.06. The number of pyridine rings is 1. The number of thiol groups is 1. The van der Waals surface area contributed by atoms with Crippen LogP contribution in [0, 0.1) is 17.0 Å². The number of rotatable bonds is 4. The average Bonchev–Trinajstić information content (AvgIpc) is 2.16. The minimum absolute atomic E-state index is 0.0197. The topological polar surface area (TPSA) is 65.1 Å². The van der Waals surface area contributed by atoms with Gasteiger partial charge in [0.15, 0.2) is 0 Å². The summed E-state index contributed by atoms with van der Waals surface area (Å²) in [5.41, 5.74) is 0.167. The maximum Gasteiger partial charge on any atom is 0.288 e. The predicted octanol–water partition coefficient (Wildman–Crippen LogP) is 1.38. The van der Waals surface area contributed by atoms with E-state index in [1.165, 1.54) is 16.8 Å². The summed E-state index contributed by atoms with van der Waals surface area (Å²) >= 11 is 4.02. The summed E-state index contributed by atoms with van der Waals surface area (Å²) in [4.78, 5) is 21.6. The summed E-state index contributed by atoms with van der Waals surface area (Å²) in [7, 11) is 0. The lowest BCUT2D eigenvalue weighted by Gasteiger charge is -2.04. The van der Waals surface area contributed by atoms with E-state index in [2.05, 4.69) is 12.6 Å². The molecule has 1 rings (SSSR count). The summed E-state index contributed by atoms with van der Waals surface area (Å²) in [6, 6.07) is 1.29. The van der Waals surface area contributed by atoms with Gasteiger partial charge in [-0.15, -0.1) is 0 Å². The molecule has 6 heteroatoms. The molecule has 0 aliphatic heterocycles. The Bertz CT molecular complexity index is 428. The van der Waals surface area contributed by atoms with Crippen LogP contribution in [0.25, 0.3) is 0 Å². The molecule has 1 aromatic heterocycles. The van der Waals surface area contributed by atoms with Gasteiger partial charge in [-0.2, -0.15) is 12.6 Å². The fourth-order valence-corrected chi connectivity index (χ4v) is 1.40. The van der Waals surface area contributed by atoms with E-state index in [0.29, 0.717) is 24.3 Å². The first-order valence-electron chi connectivity index (χ1n) is 4.52. The zero-order chi connectivity index (χ0) is 11.4. The van der Waals surface area contributed by atoms with Crippen LogP contribution < -0.4 is 5.56 Å². The van der Waals surface area contributed by atoms with Gasteiger partial charge in [-0.3, -0.25) is 14.9 Å². The smallest absolute Gasteiger partial charge is 0.288 e. The molecule has 0 bridgehead atoms. The molecular formula is C9H12N2O3S. The molecule has 0 radical (unpaired) electrons. The molecule has 1 heterocycles. The molecular weight excluding hydrogens is 216 g/mol. The Morgan fingerprint density at radius 1 is 1.60 bits per heavy atom. The van der Waals surface area contributed by atoms with Gasteiger partial charge >= 0.3 is 0 Å². The van der Waals surface area contributed by atoms with E-state index in [1.807, 2.05) is 0 Å². The highest BCUT2D eigenvalue weighted by atomic mass is 32.1. The Labute approximate surface area is 92.3 Å². The minimum Gasteiger partial charge on any atom is -0.309 e. The van der Waals surface area contributed by atoms with Gasteiger partial charge in [0.25, 0.3) is 11.2 Å². The van der Waals surface area contributed by atoms with Crippen LogP contribution in [-0.4, -0.2) is 15.2 Å². The molecule has 1 aromatic rings. The van der Waals surface area contributed by atoms with Crippen LogP contribution in [0.5, 0.6) is 0 Å². The third-order valence-electron chi connectivity index (χ3n) is 2.06. The second-order valence-electron chi connectivity index (χ2n) is 3.21. The molecule has 0 atom stereocenters. The Morgan fingerprint density at radius 2 is 2.27 bits per heavy atom. The number of hydrogen-bond acceptors (Lipinski definition) is 4. The zero-order valence-corrected chi connectivity index (χ0v) is 9.24. The van der Waals surface area contributed by atoms with Gasteiger partial charge in [-0.05, 0) is 19.1 Å². The minimum atomic E-state index is -0.480. The first-order valence-corrected chi connectivity index (χ1v) is 5.16. The Kier molecular flexibility index (Phi) is 3.90. The van der Waals surface area contributed by atoms with Crippen LogP contribution in [0.2, 0.25) is 0 Å². The van der Waals surface area contributed by atoms with Crippen molar-refractivity contribution in [3.05, 3.63) is 38.3 Å². The summed E-state index contributed by atoms with van der Waals surface area (Å²) in [5, 5.41) is 10.6. The van der Waals surface area contributed by atoms with Crippen LogP contribution in [0.3, 0.4) is 0 Å². The third-order valence-corrected chi connectivity index (χ3v) is 2.38. The van der Waals surface area contributed by atoms with Gasteiger partial charge in [-0.1, -0.05) is 0 Å². The van der Waals surface area contributed by atoms with Crippen molar-refractivity contribution in [2.45, 2.75) is 19.9 Å².